The van der Waals surface area contributed by atoms with Crippen LogP contribution in [0.25, 0.3) is 0 Å². The molecule has 0 radical (unpaired) electrons. The molecule has 2 rings (SSSR count). The Morgan fingerprint density at radius 3 is 2.75 bits per heavy atom. The number of nitrogens with two attached hydrogens (primary N) is 1. The number of ether oxygens (including phenoxy) is 2. The van der Waals surface area contributed by atoms with Gasteiger partial charge in [0.1, 0.15) is 0 Å². The number of nitrogen functional groups attached to an aromatic ring is 1. The van der Waals surface area contributed by atoms with Gasteiger partial charge in [0.2, 0.25) is 0 Å². The number of benzene rings is 1. The molecule has 0 heterocycles. The molecule has 1 aliphatic carbocycles. The predicted molar refractivity (Wildman–Crippen MR) is 78.9 cm³/mol. The number of nitrogens with one attached hydrogen (secondary N) is 1. The lowest BCUT2D eigenvalue weighted by Crippen LogP contribution is -2.41. The first-order valence-electron chi connectivity index (χ1n) is 7.09. The maximum absolute atomic E-state index is 11.8. The fourth-order valence-electron chi connectivity index (χ4n) is 2.35. The lowest BCUT2D eigenvalue weighted by molar-refractivity contribution is 0.00299. The molecule has 1 fully saturated rings. The number of carbonyl (C=O) groups is 1. The molecule has 1 saturated carbocycles. The van der Waals surface area contributed by atoms with Crippen LogP contribution in [0.4, 0.5) is 11.4 Å². The van der Waals surface area contributed by atoms with Crippen LogP contribution in [0.1, 0.15) is 37.0 Å². The molecule has 3 N–H and O–H groups in total. The van der Waals surface area contributed by atoms with Crippen molar-refractivity contribution in [3.8, 4) is 0 Å². The van der Waals surface area contributed by atoms with Gasteiger partial charge in [-0.15, -0.1) is 0 Å². The van der Waals surface area contributed by atoms with Crippen molar-refractivity contribution in [2.75, 3.05) is 24.3 Å². The summed E-state index contributed by atoms with van der Waals surface area (Å²) in [5, 5.41) is 3.36. The largest absolute Gasteiger partial charge is 0.462 e. The van der Waals surface area contributed by atoms with Crippen molar-refractivity contribution in [2.24, 2.45) is 0 Å². The molecular weight excluding hydrogens is 256 g/mol. The Hall–Kier alpha value is -1.75. The number of anilines is 2. The third-order valence-electron chi connectivity index (χ3n) is 3.46. The molecule has 1 aromatic carbocycles. The Kier molecular flexibility index (Phi) is 4.84. The molecule has 5 nitrogen and oxygen atoms in total. The van der Waals surface area contributed by atoms with Crippen LogP contribution >= 0.6 is 0 Å². The van der Waals surface area contributed by atoms with E-state index in [0.29, 0.717) is 30.0 Å². The number of hydrogen-bond acceptors (Lipinski definition) is 5. The van der Waals surface area contributed by atoms with E-state index in [1.165, 1.54) is 0 Å². The Morgan fingerprint density at radius 1 is 1.35 bits per heavy atom. The monoisotopic (exact) mass is 278 g/mol. The van der Waals surface area contributed by atoms with E-state index in [0.717, 1.165) is 25.1 Å². The van der Waals surface area contributed by atoms with Gasteiger partial charge in [0.15, 0.2) is 0 Å². The topological polar surface area (TPSA) is 73.6 Å². The second-order valence-corrected chi connectivity index (χ2v) is 4.88. The molecule has 0 atom stereocenters. The Labute approximate surface area is 119 Å². The van der Waals surface area contributed by atoms with Crippen LogP contribution in [0.3, 0.4) is 0 Å². The van der Waals surface area contributed by atoms with Crippen LogP contribution in [-0.2, 0) is 9.47 Å². The summed E-state index contributed by atoms with van der Waals surface area (Å²) in [5.74, 6) is -0.380. The average molecular weight is 278 g/mol. The number of esters is 1. The van der Waals surface area contributed by atoms with E-state index in [-0.39, 0.29) is 5.97 Å². The smallest absolute Gasteiger partial charge is 0.340 e. The van der Waals surface area contributed by atoms with Crippen molar-refractivity contribution in [1.29, 1.82) is 0 Å². The third-order valence-corrected chi connectivity index (χ3v) is 3.46. The van der Waals surface area contributed by atoms with Crippen LogP contribution in [0.15, 0.2) is 18.2 Å². The van der Waals surface area contributed by atoms with Crippen LogP contribution in [0.2, 0.25) is 0 Å². The fraction of sp³-hybridized carbons (Fsp3) is 0.533. The molecule has 5 heteroatoms. The number of hydrogen-bond donors (Lipinski definition) is 2. The van der Waals surface area contributed by atoms with Crippen molar-refractivity contribution in [2.45, 2.75) is 38.8 Å². The van der Waals surface area contributed by atoms with Crippen molar-refractivity contribution in [1.82, 2.24) is 0 Å². The van der Waals surface area contributed by atoms with E-state index in [1.54, 1.807) is 13.0 Å². The van der Waals surface area contributed by atoms with Crippen LogP contribution in [0.5, 0.6) is 0 Å². The number of para-hydroxylation sites is 1. The summed E-state index contributed by atoms with van der Waals surface area (Å²) in [7, 11) is 0. The van der Waals surface area contributed by atoms with Crippen LogP contribution < -0.4 is 11.1 Å². The van der Waals surface area contributed by atoms with Gasteiger partial charge in [0.05, 0.1) is 29.6 Å². The van der Waals surface area contributed by atoms with E-state index in [1.807, 2.05) is 19.1 Å². The quantitative estimate of drug-likeness (QED) is 0.617. The minimum absolute atomic E-state index is 0.340. The van der Waals surface area contributed by atoms with Crippen LogP contribution in [0, 0.1) is 0 Å². The standard InChI is InChI=1S/C15H22N2O3/c1-3-19-11-8-10(9-11)17-13-7-5-6-12(14(13)16)15(18)20-4-2/h5-7,10-11,17H,3-4,8-9,16H2,1-2H3. The Balaban J connectivity index is 1.99. The summed E-state index contributed by atoms with van der Waals surface area (Å²) in [6.45, 7) is 4.87. The molecule has 110 valence electrons. The van der Waals surface area contributed by atoms with E-state index in [9.17, 15) is 4.79 Å². The second kappa shape index (κ2) is 6.61. The van der Waals surface area contributed by atoms with Gasteiger partial charge in [0, 0.05) is 12.6 Å². The maximum Gasteiger partial charge on any atom is 0.340 e. The lowest BCUT2D eigenvalue weighted by atomic mass is 9.89. The van der Waals surface area contributed by atoms with E-state index >= 15 is 0 Å². The van der Waals surface area contributed by atoms with E-state index < -0.39 is 0 Å². The Morgan fingerprint density at radius 2 is 2.10 bits per heavy atom. The summed E-state index contributed by atoms with van der Waals surface area (Å²) in [5.41, 5.74) is 7.69. The molecule has 1 aromatic rings. The maximum atomic E-state index is 11.8. The highest BCUT2D eigenvalue weighted by atomic mass is 16.5. The summed E-state index contributed by atoms with van der Waals surface area (Å²) in [6.07, 6.45) is 2.28. The average Bonchev–Trinajstić information content (AvgIpc) is 2.38. The van der Waals surface area contributed by atoms with Crippen molar-refractivity contribution in [3.63, 3.8) is 0 Å². The van der Waals surface area contributed by atoms with Gasteiger partial charge in [-0.2, -0.15) is 0 Å². The van der Waals surface area contributed by atoms with Crippen molar-refractivity contribution < 1.29 is 14.3 Å². The van der Waals surface area contributed by atoms with Gasteiger partial charge < -0.3 is 20.5 Å². The van der Waals surface area contributed by atoms with Crippen molar-refractivity contribution in [3.05, 3.63) is 23.8 Å². The van der Waals surface area contributed by atoms with Gasteiger partial charge in [-0.05, 0) is 38.8 Å². The number of rotatable bonds is 6. The van der Waals surface area contributed by atoms with Gasteiger partial charge >= 0.3 is 5.97 Å². The molecule has 0 spiro atoms. The first kappa shape index (κ1) is 14.7. The van der Waals surface area contributed by atoms with E-state index in [2.05, 4.69) is 5.32 Å². The predicted octanol–water partition coefficient (Wildman–Crippen LogP) is 2.42. The summed E-state index contributed by atoms with van der Waals surface area (Å²) >= 11 is 0. The summed E-state index contributed by atoms with van der Waals surface area (Å²) in [4.78, 5) is 11.8. The molecule has 0 unspecified atom stereocenters. The first-order valence-corrected chi connectivity index (χ1v) is 7.09. The summed E-state index contributed by atoms with van der Waals surface area (Å²) in [6, 6.07) is 5.73. The first-order chi connectivity index (χ1) is 9.65. The van der Waals surface area contributed by atoms with Gasteiger partial charge in [-0.25, -0.2) is 4.79 Å². The molecule has 1 aliphatic rings. The fourth-order valence-corrected chi connectivity index (χ4v) is 2.35. The molecule has 0 saturated heterocycles. The summed E-state index contributed by atoms with van der Waals surface area (Å²) < 4.78 is 10.5. The highest BCUT2D eigenvalue weighted by Gasteiger charge is 2.30. The highest BCUT2D eigenvalue weighted by Crippen LogP contribution is 2.30. The molecular formula is C15H22N2O3. The molecule has 0 aliphatic heterocycles. The lowest BCUT2D eigenvalue weighted by Gasteiger charge is -2.36. The second-order valence-electron chi connectivity index (χ2n) is 4.88. The minimum atomic E-state index is -0.380. The Bertz CT molecular complexity index is 470. The normalized spacial score (nSPS) is 21.1. The van der Waals surface area contributed by atoms with Gasteiger partial charge in [-0.3, -0.25) is 0 Å². The van der Waals surface area contributed by atoms with Crippen LogP contribution in [-0.4, -0.2) is 31.3 Å². The zero-order valence-electron chi connectivity index (χ0n) is 12.0. The molecule has 20 heavy (non-hydrogen) atoms. The molecule has 0 aromatic heterocycles. The molecule has 0 amide bonds. The number of carbonyl (C=O) groups excluding carboxylic acids is 1. The van der Waals surface area contributed by atoms with Crippen molar-refractivity contribution >= 4 is 17.3 Å². The SMILES string of the molecule is CCOC(=O)c1cccc(NC2CC(OCC)C2)c1N. The molecule has 0 bridgehead atoms. The zero-order chi connectivity index (χ0) is 14.5. The van der Waals surface area contributed by atoms with E-state index in [4.69, 9.17) is 15.2 Å². The van der Waals surface area contributed by atoms with Gasteiger partial charge in [-0.1, -0.05) is 6.07 Å². The minimum Gasteiger partial charge on any atom is -0.462 e. The third kappa shape index (κ3) is 3.22. The highest BCUT2D eigenvalue weighted by molar-refractivity contribution is 5.98. The van der Waals surface area contributed by atoms with Gasteiger partial charge in [0.25, 0.3) is 0 Å². The zero-order valence-corrected chi connectivity index (χ0v) is 12.0.